The first-order valence-corrected chi connectivity index (χ1v) is 12.5. The molecule has 0 radical (unpaired) electrons. The van der Waals surface area contributed by atoms with Gasteiger partial charge in [0.1, 0.15) is 17.1 Å². The summed E-state index contributed by atoms with van der Waals surface area (Å²) in [5.74, 6) is 0.708. The zero-order valence-electron chi connectivity index (χ0n) is 14.9. The normalized spacial score (nSPS) is 11.4. The Bertz CT molecular complexity index is 703. The summed E-state index contributed by atoms with van der Waals surface area (Å²) in [4.78, 5) is 11.8. The molecular weight excluding hydrogens is 404 g/mol. The van der Waals surface area contributed by atoms with Crippen LogP contribution in [0.5, 0.6) is 5.75 Å². The molecule has 0 spiro atoms. The number of esters is 1. The second kappa shape index (κ2) is 8.69. The maximum absolute atomic E-state index is 11.8. The first-order valence-electron chi connectivity index (χ1n) is 7.99. The van der Waals surface area contributed by atoms with Crippen molar-refractivity contribution in [2.45, 2.75) is 25.7 Å². The third kappa shape index (κ3) is 6.02. The van der Waals surface area contributed by atoms with E-state index in [-0.39, 0.29) is 6.79 Å². The quantitative estimate of drug-likeness (QED) is 0.251. The highest BCUT2D eigenvalue weighted by atomic mass is 79.9. The fraction of sp³-hybridized carbons (Fsp3) is 0.389. The highest BCUT2D eigenvalue weighted by Gasteiger charge is 2.19. The predicted octanol–water partition coefficient (Wildman–Crippen LogP) is 5.19. The second-order valence-corrected chi connectivity index (χ2v) is 13.2. The summed E-state index contributed by atoms with van der Waals surface area (Å²) in [5, 5.41) is 0. The molecule has 1 aromatic carbocycles. The van der Waals surface area contributed by atoms with Crippen LogP contribution < -0.4 is 4.74 Å². The van der Waals surface area contributed by atoms with Gasteiger partial charge in [-0.2, -0.15) is 0 Å². The number of rotatable bonds is 8. The van der Waals surface area contributed by atoms with Gasteiger partial charge in [0.25, 0.3) is 0 Å². The second-order valence-electron chi connectivity index (χ2n) is 6.79. The van der Waals surface area contributed by atoms with Crippen molar-refractivity contribution in [3.8, 4) is 17.1 Å². The van der Waals surface area contributed by atoms with Gasteiger partial charge in [0.15, 0.2) is 11.5 Å². The summed E-state index contributed by atoms with van der Waals surface area (Å²) < 4.78 is 21.9. The van der Waals surface area contributed by atoms with E-state index in [2.05, 4.69) is 35.6 Å². The SMILES string of the molecule is COC(=O)c1cc(Br)oc1-c1ccc(OCOCC[Si](C)(C)C)cc1. The first-order chi connectivity index (χ1) is 11.8. The maximum atomic E-state index is 11.8. The van der Waals surface area contributed by atoms with Gasteiger partial charge >= 0.3 is 5.97 Å². The van der Waals surface area contributed by atoms with Crippen LogP contribution in [0.25, 0.3) is 11.3 Å². The van der Waals surface area contributed by atoms with Crippen LogP contribution in [0, 0.1) is 0 Å². The average molecular weight is 427 g/mol. The fourth-order valence-corrected chi connectivity index (χ4v) is 3.23. The highest BCUT2D eigenvalue weighted by molar-refractivity contribution is 9.10. The van der Waals surface area contributed by atoms with Crippen molar-refractivity contribution >= 4 is 30.0 Å². The molecule has 0 N–H and O–H groups in total. The zero-order valence-corrected chi connectivity index (χ0v) is 17.5. The van der Waals surface area contributed by atoms with Crippen molar-refractivity contribution in [3.63, 3.8) is 0 Å². The number of methoxy groups -OCH3 is 1. The van der Waals surface area contributed by atoms with E-state index >= 15 is 0 Å². The number of benzene rings is 1. The number of carbonyl (C=O) groups is 1. The third-order valence-corrected chi connectivity index (χ3v) is 5.62. The smallest absolute Gasteiger partial charge is 0.341 e. The number of ether oxygens (including phenoxy) is 3. The van der Waals surface area contributed by atoms with Crippen LogP contribution in [-0.2, 0) is 9.47 Å². The van der Waals surface area contributed by atoms with Crippen LogP contribution >= 0.6 is 15.9 Å². The molecule has 7 heteroatoms. The summed E-state index contributed by atoms with van der Waals surface area (Å²) in [6.07, 6.45) is 0. The molecule has 1 heterocycles. The predicted molar refractivity (Wildman–Crippen MR) is 103 cm³/mol. The minimum Gasteiger partial charge on any atom is -0.468 e. The van der Waals surface area contributed by atoms with Gasteiger partial charge < -0.3 is 18.6 Å². The van der Waals surface area contributed by atoms with E-state index in [4.69, 9.17) is 18.6 Å². The molecule has 0 unspecified atom stereocenters. The fourth-order valence-electron chi connectivity index (χ4n) is 2.09. The van der Waals surface area contributed by atoms with E-state index in [1.807, 2.05) is 24.3 Å². The van der Waals surface area contributed by atoms with Crippen LogP contribution in [0.3, 0.4) is 0 Å². The lowest BCUT2D eigenvalue weighted by Gasteiger charge is -2.15. The minimum absolute atomic E-state index is 0.226. The molecule has 0 atom stereocenters. The topological polar surface area (TPSA) is 57.9 Å². The molecule has 0 aliphatic heterocycles. The number of carbonyl (C=O) groups excluding carboxylic acids is 1. The molecule has 0 fully saturated rings. The summed E-state index contributed by atoms with van der Waals surface area (Å²) in [6, 6.07) is 9.99. The number of halogens is 1. The Hall–Kier alpha value is -1.57. The van der Waals surface area contributed by atoms with Crippen molar-refractivity contribution in [3.05, 3.63) is 40.6 Å². The van der Waals surface area contributed by atoms with E-state index in [1.165, 1.54) is 7.11 Å². The largest absolute Gasteiger partial charge is 0.468 e. The molecule has 5 nitrogen and oxygen atoms in total. The van der Waals surface area contributed by atoms with Crippen LogP contribution in [0.15, 0.2) is 39.4 Å². The van der Waals surface area contributed by atoms with Crippen molar-refractivity contribution in [1.29, 1.82) is 0 Å². The van der Waals surface area contributed by atoms with Crippen LogP contribution in [0.2, 0.25) is 25.7 Å². The summed E-state index contributed by atoms with van der Waals surface area (Å²) >= 11 is 3.24. The lowest BCUT2D eigenvalue weighted by Crippen LogP contribution is -2.22. The molecule has 2 aromatic rings. The molecule has 25 heavy (non-hydrogen) atoms. The molecule has 2 rings (SSSR count). The van der Waals surface area contributed by atoms with Crippen molar-refractivity contribution in [2.24, 2.45) is 0 Å². The molecule has 0 bridgehead atoms. The summed E-state index contributed by atoms with van der Waals surface area (Å²) in [7, 11) is 0.259. The lowest BCUT2D eigenvalue weighted by molar-refractivity contribution is 0.0220. The standard InChI is InChI=1S/C18H23BrO5Si/c1-21-18(20)15-11-16(19)24-17(15)13-5-7-14(8-6-13)23-12-22-9-10-25(2,3)4/h5-8,11H,9-10,12H2,1-4H3. The van der Waals surface area contributed by atoms with Crippen LogP contribution in [-0.4, -0.2) is 34.6 Å². The molecule has 0 saturated heterocycles. The van der Waals surface area contributed by atoms with E-state index in [0.29, 0.717) is 21.7 Å². The summed E-state index contributed by atoms with van der Waals surface area (Å²) in [5.41, 5.74) is 1.14. The minimum atomic E-state index is -1.08. The van der Waals surface area contributed by atoms with E-state index in [1.54, 1.807) is 6.07 Å². The lowest BCUT2D eigenvalue weighted by atomic mass is 10.1. The molecule has 0 amide bonds. The van der Waals surface area contributed by atoms with Crippen molar-refractivity contribution < 1.29 is 23.4 Å². The van der Waals surface area contributed by atoms with Crippen LogP contribution in [0.4, 0.5) is 0 Å². The third-order valence-electron chi connectivity index (χ3n) is 3.53. The molecule has 136 valence electrons. The first kappa shape index (κ1) is 19.7. The monoisotopic (exact) mass is 426 g/mol. The van der Waals surface area contributed by atoms with Gasteiger partial charge in [0.05, 0.1) is 7.11 Å². The van der Waals surface area contributed by atoms with E-state index < -0.39 is 14.0 Å². The van der Waals surface area contributed by atoms with Gasteiger partial charge in [0, 0.05) is 26.3 Å². The Morgan fingerprint density at radius 3 is 2.48 bits per heavy atom. The van der Waals surface area contributed by atoms with Gasteiger partial charge in [-0.1, -0.05) is 19.6 Å². The average Bonchev–Trinajstić information content (AvgIpc) is 2.95. The Balaban J connectivity index is 1.95. The van der Waals surface area contributed by atoms with Crippen molar-refractivity contribution in [2.75, 3.05) is 20.5 Å². The van der Waals surface area contributed by atoms with Gasteiger partial charge in [-0.3, -0.25) is 0 Å². The molecule has 1 aromatic heterocycles. The maximum Gasteiger partial charge on any atom is 0.341 e. The molecule has 0 saturated carbocycles. The Kier molecular flexibility index (Phi) is 6.86. The Morgan fingerprint density at radius 1 is 1.20 bits per heavy atom. The van der Waals surface area contributed by atoms with E-state index in [9.17, 15) is 4.79 Å². The number of furan rings is 1. The Labute approximate surface area is 157 Å². The van der Waals surface area contributed by atoms with Gasteiger partial charge in [-0.05, 0) is 46.2 Å². The van der Waals surface area contributed by atoms with Gasteiger partial charge in [-0.25, -0.2) is 4.79 Å². The van der Waals surface area contributed by atoms with Crippen LogP contribution in [0.1, 0.15) is 10.4 Å². The highest BCUT2D eigenvalue weighted by Crippen LogP contribution is 2.31. The van der Waals surface area contributed by atoms with Gasteiger partial charge in [-0.15, -0.1) is 0 Å². The molecule has 0 aliphatic rings. The number of hydrogen-bond acceptors (Lipinski definition) is 5. The van der Waals surface area contributed by atoms with Gasteiger partial charge in [0.2, 0.25) is 0 Å². The Morgan fingerprint density at radius 2 is 1.88 bits per heavy atom. The van der Waals surface area contributed by atoms with E-state index in [0.717, 1.165) is 18.2 Å². The zero-order chi connectivity index (χ0) is 18.4. The molecular formula is C18H23BrO5Si. The number of hydrogen-bond donors (Lipinski definition) is 0. The summed E-state index contributed by atoms with van der Waals surface area (Å²) in [6.45, 7) is 7.88. The van der Waals surface area contributed by atoms with Crippen molar-refractivity contribution in [1.82, 2.24) is 0 Å². The molecule has 0 aliphatic carbocycles.